The molecule has 0 bridgehead atoms. The molecular weight excluding hydrogens is 712 g/mol. The fourth-order valence-corrected chi connectivity index (χ4v) is 8.38. The van der Waals surface area contributed by atoms with Crippen LogP contribution in [-0.2, 0) is 42.8 Å². The number of carbonyl (C=O) groups excluding carboxylic acids is 4. The predicted molar refractivity (Wildman–Crippen MR) is 204 cm³/mol. The molecule has 2 aliphatic rings. The van der Waals surface area contributed by atoms with Gasteiger partial charge in [0.05, 0.1) is 35.3 Å². The molecular formula is C41H66N2O12. The van der Waals surface area contributed by atoms with Gasteiger partial charge in [0.1, 0.15) is 23.9 Å². The van der Waals surface area contributed by atoms with Crippen molar-refractivity contribution in [3.63, 3.8) is 0 Å². The van der Waals surface area contributed by atoms with Crippen molar-refractivity contribution in [2.24, 2.45) is 17.8 Å². The van der Waals surface area contributed by atoms with Crippen LogP contribution < -0.4 is 0 Å². The van der Waals surface area contributed by atoms with Gasteiger partial charge >= 0.3 is 23.9 Å². The van der Waals surface area contributed by atoms with Crippen molar-refractivity contribution in [2.45, 2.75) is 155 Å². The number of hydrogen-bond donors (Lipinski definition) is 2. The number of aliphatic hydroxyl groups is 2. The molecule has 2 aliphatic heterocycles. The van der Waals surface area contributed by atoms with Crippen LogP contribution in [-0.4, -0.2) is 138 Å². The summed E-state index contributed by atoms with van der Waals surface area (Å²) in [6.07, 6.45) is -6.16. The molecule has 3 rings (SSSR count). The normalized spacial score (nSPS) is 38.6. The lowest BCUT2D eigenvalue weighted by molar-refractivity contribution is -0.298. The van der Waals surface area contributed by atoms with Crippen molar-refractivity contribution in [3.8, 4) is 0 Å². The number of likely N-dealkylation sites (N-methyl/N-ethyl adjacent to an activating group) is 2. The Balaban J connectivity index is 2.18. The lowest BCUT2D eigenvalue weighted by Crippen LogP contribution is -2.60. The molecule has 2 heterocycles. The maximum absolute atomic E-state index is 14.1. The molecule has 14 nitrogen and oxygen atoms in total. The van der Waals surface area contributed by atoms with Crippen molar-refractivity contribution in [1.29, 1.82) is 0 Å². The summed E-state index contributed by atoms with van der Waals surface area (Å²) in [5, 5.41) is 24.6. The van der Waals surface area contributed by atoms with E-state index in [0.29, 0.717) is 18.5 Å². The highest BCUT2D eigenvalue weighted by Gasteiger charge is 2.52. The molecule has 2 N–H and O–H groups in total. The van der Waals surface area contributed by atoms with Gasteiger partial charge in [0.2, 0.25) is 0 Å². The van der Waals surface area contributed by atoms with Crippen molar-refractivity contribution < 1.29 is 57.8 Å². The zero-order valence-corrected chi connectivity index (χ0v) is 35.0. The molecule has 1 aromatic carbocycles. The van der Waals surface area contributed by atoms with Gasteiger partial charge in [0.25, 0.3) is 0 Å². The van der Waals surface area contributed by atoms with Gasteiger partial charge in [0.15, 0.2) is 12.4 Å². The molecule has 0 spiro atoms. The van der Waals surface area contributed by atoms with E-state index in [9.17, 15) is 29.4 Å². The van der Waals surface area contributed by atoms with Gasteiger partial charge in [-0.25, -0.2) is 4.79 Å². The number of carbonyl (C=O) groups is 4. The summed E-state index contributed by atoms with van der Waals surface area (Å²) in [6, 6.07) is 7.70. The summed E-state index contributed by atoms with van der Waals surface area (Å²) in [6.45, 7) is 16.6. The molecule has 2 saturated heterocycles. The van der Waals surface area contributed by atoms with E-state index < -0.39 is 89.8 Å². The number of benzene rings is 1. The van der Waals surface area contributed by atoms with Crippen LogP contribution in [0, 0.1) is 17.8 Å². The van der Waals surface area contributed by atoms with E-state index in [0.717, 1.165) is 0 Å². The van der Waals surface area contributed by atoms with Gasteiger partial charge in [-0.15, -0.1) is 0 Å². The van der Waals surface area contributed by atoms with Gasteiger partial charge < -0.3 is 43.5 Å². The number of rotatable bonds is 8. The van der Waals surface area contributed by atoms with Crippen LogP contribution in [0.3, 0.4) is 0 Å². The fraction of sp³-hybridized carbons (Fsp3) is 0.756. The second-order valence-electron chi connectivity index (χ2n) is 16.5. The Bertz CT molecular complexity index is 1440. The predicted octanol–water partition coefficient (Wildman–Crippen LogP) is 3.98. The van der Waals surface area contributed by atoms with Gasteiger partial charge in [-0.2, -0.15) is 0 Å². The summed E-state index contributed by atoms with van der Waals surface area (Å²) < 4.78 is 37.0. The van der Waals surface area contributed by atoms with E-state index in [2.05, 4.69) is 0 Å². The maximum Gasteiger partial charge on any atom is 0.338 e. The number of ether oxygens (including phenoxy) is 6. The summed E-state index contributed by atoms with van der Waals surface area (Å²) in [4.78, 5) is 56.5. The lowest BCUT2D eigenvalue weighted by Gasteiger charge is -2.47. The van der Waals surface area contributed by atoms with E-state index in [1.165, 1.54) is 20.8 Å². The minimum Gasteiger partial charge on any atom is -0.461 e. The molecule has 14 heteroatoms. The lowest BCUT2D eigenvalue weighted by atomic mass is 9.77. The standard InChI is InChI=1S/C41H66N2O12/c1-14-32-41(10,49)36(52-29(8)45)27(6)43(13)22-23(2)21-40(9,48)35(25(4)33(51-28(7)44)26(5)37(46)53-32)55-39-34(31(42(11)12)20-24(3)50-39)54-38(47)30-18-16-15-17-19-30/h15-19,23-27,31-36,39,48-49H,14,20-22H2,1-13H3/t23-,24?,25+,26-,27-,31?,32-,33+,34?,35-,36-,39?,40+,41-/m1/s1. The number of cyclic esters (lactones) is 1. The van der Waals surface area contributed by atoms with Crippen LogP contribution in [0.1, 0.15) is 98.9 Å². The maximum atomic E-state index is 14.1. The van der Waals surface area contributed by atoms with E-state index in [1.54, 1.807) is 58.0 Å². The SMILES string of the molecule is CC[C@H]1OC(=O)[C@H](C)[C@@H](OC(C)=O)[C@H](C)[C@@H](OC2OC(C)CC(N(C)C)C2OC(=O)c2ccccc2)[C@@](C)(O)C[C@@H](C)CN(C)[C@H](C)[C@@H](OC(C)=O)[C@]1(C)O. The summed E-state index contributed by atoms with van der Waals surface area (Å²) in [5.74, 6) is -4.83. The van der Waals surface area contributed by atoms with Crippen LogP contribution in [0.4, 0.5) is 0 Å². The van der Waals surface area contributed by atoms with E-state index in [4.69, 9.17) is 28.4 Å². The molecule has 0 aliphatic carbocycles. The molecule has 4 unspecified atom stereocenters. The Hall–Kier alpha value is -3.14. The molecule has 0 saturated carbocycles. The number of hydrogen-bond acceptors (Lipinski definition) is 14. The van der Waals surface area contributed by atoms with Gasteiger partial charge in [-0.1, -0.05) is 39.0 Å². The fourth-order valence-electron chi connectivity index (χ4n) is 8.38. The molecule has 1 aromatic rings. The van der Waals surface area contributed by atoms with Crippen LogP contribution in [0.15, 0.2) is 30.3 Å². The highest BCUT2D eigenvalue weighted by Crippen LogP contribution is 2.38. The molecule has 14 atom stereocenters. The molecule has 0 radical (unpaired) electrons. The Morgan fingerprint density at radius 3 is 2.07 bits per heavy atom. The molecule has 312 valence electrons. The monoisotopic (exact) mass is 778 g/mol. The average Bonchev–Trinajstić information content (AvgIpc) is 3.09. The highest BCUT2D eigenvalue weighted by molar-refractivity contribution is 5.89. The zero-order chi connectivity index (χ0) is 41.6. The van der Waals surface area contributed by atoms with Gasteiger partial charge in [-0.05, 0) is 93.1 Å². The molecule has 0 aromatic heterocycles. The molecule has 2 fully saturated rings. The third kappa shape index (κ3) is 11.7. The second-order valence-corrected chi connectivity index (χ2v) is 16.5. The first-order chi connectivity index (χ1) is 25.5. The Labute approximate surface area is 327 Å². The average molecular weight is 779 g/mol. The molecule has 0 amide bonds. The topological polar surface area (TPSA) is 171 Å². The first-order valence-electron chi connectivity index (χ1n) is 19.4. The first-order valence-corrected chi connectivity index (χ1v) is 19.4. The Morgan fingerprint density at radius 1 is 0.927 bits per heavy atom. The summed E-state index contributed by atoms with van der Waals surface area (Å²) >= 11 is 0. The van der Waals surface area contributed by atoms with E-state index in [-0.39, 0.29) is 30.9 Å². The number of nitrogens with zero attached hydrogens (tertiary/aromatic N) is 2. The van der Waals surface area contributed by atoms with Crippen molar-refractivity contribution in [3.05, 3.63) is 35.9 Å². The van der Waals surface area contributed by atoms with Crippen LogP contribution >= 0.6 is 0 Å². The van der Waals surface area contributed by atoms with Gasteiger partial charge in [0, 0.05) is 32.4 Å². The first kappa shape index (κ1) is 46.2. The minimum atomic E-state index is -1.82. The summed E-state index contributed by atoms with van der Waals surface area (Å²) in [5.41, 5.74) is -3.12. The third-order valence-electron chi connectivity index (χ3n) is 11.2. The van der Waals surface area contributed by atoms with Crippen LogP contribution in [0.2, 0.25) is 0 Å². The minimum absolute atomic E-state index is 0.157. The van der Waals surface area contributed by atoms with E-state index in [1.807, 2.05) is 51.7 Å². The van der Waals surface area contributed by atoms with Crippen LogP contribution in [0.25, 0.3) is 0 Å². The number of esters is 4. The van der Waals surface area contributed by atoms with E-state index >= 15 is 0 Å². The van der Waals surface area contributed by atoms with Gasteiger partial charge in [-0.3, -0.25) is 19.3 Å². The highest BCUT2D eigenvalue weighted by atomic mass is 16.7. The summed E-state index contributed by atoms with van der Waals surface area (Å²) in [7, 11) is 5.58. The quantitative estimate of drug-likeness (QED) is 0.287. The largest absolute Gasteiger partial charge is 0.461 e. The Morgan fingerprint density at radius 2 is 1.53 bits per heavy atom. The smallest absolute Gasteiger partial charge is 0.338 e. The molecule has 55 heavy (non-hydrogen) atoms. The third-order valence-corrected chi connectivity index (χ3v) is 11.2. The zero-order valence-electron chi connectivity index (χ0n) is 35.0. The van der Waals surface area contributed by atoms with Crippen molar-refractivity contribution >= 4 is 23.9 Å². The second kappa shape index (κ2) is 19.3. The Kier molecular flexibility index (Phi) is 16.3. The van der Waals surface area contributed by atoms with Crippen molar-refractivity contribution in [2.75, 3.05) is 27.7 Å². The van der Waals surface area contributed by atoms with Crippen LogP contribution in [0.5, 0.6) is 0 Å². The van der Waals surface area contributed by atoms with Crippen molar-refractivity contribution in [1.82, 2.24) is 9.80 Å².